The summed E-state index contributed by atoms with van der Waals surface area (Å²) >= 11 is 0. The molecule has 3 aromatic rings. The molecule has 3 heterocycles. The summed E-state index contributed by atoms with van der Waals surface area (Å²) in [6, 6.07) is 8.34. The zero-order valence-corrected chi connectivity index (χ0v) is 17.5. The predicted octanol–water partition coefficient (Wildman–Crippen LogP) is 3.17. The molecule has 7 nitrogen and oxygen atoms in total. The molecule has 1 aliphatic heterocycles. The second kappa shape index (κ2) is 7.91. The topological polar surface area (TPSA) is 73.1 Å². The number of carbonyl (C=O) groups excluding carboxylic acids is 1. The van der Waals surface area contributed by atoms with E-state index in [1.54, 1.807) is 7.11 Å². The molecule has 2 aromatic heterocycles. The summed E-state index contributed by atoms with van der Waals surface area (Å²) in [4.78, 5) is 14.3. The van der Waals surface area contributed by atoms with E-state index in [1.807, 2.05) is 11.6 Å². The molecule has 1 fully saturated rings. The van der Waals surface area contributed by atoms with Gasteiger partial charge in [0.25, 0.3) is 0 Å². The Kier molecular flexibility index (Phi) is 5.32. The van der Waals surface area contributed by atoms with Gasteiger partial charge in [0, 0.05) is 26.1 Å². The molecule has 0 bridgehead atoms. The van der Waals surface area contributed by atoms with Gasteiger partial charge in [-0.3, -0.25) is 4.79 Å². The van der Waals surface area contributed by atoms with Crippen LogP contribution in [0.2, 0.25) is 0 Å². The number of ketones is 1. The van der Waals surface area contributed by atoms with E-state index in [0.29, 0.717) is 0 Å². The Balaban J connectivity index is 1.68. The van der Waals surface area contributed by atoms with Crippen molar-refractivity contribution in [3.05, 3.63) is 41.2 Å². The number of fused-ring (bicyclic) bond motifs is 1. The van der Waals surface area contributed by atoms with E-state index in [2.05, 4.69) is 53.2 Å². The van der Waals surface area contributed by atoms with Gasteiger partial charge in [0.05, 0.1) is 22.5 Å². The number of hydrogen-bond acceptors (Lipinski definition) is 6. The van der Waals surface area contributed by atoms with Gasteiger partial charge in [-0.2, -0.15) is 10.2 Å². The SMILES string of the molecule is COCC(=O)C1CCN(c2nnc(C)c3c(C)n(-c4ccc(C)cc4)nc23)CC1. The summed E-state index contributed by atoms with van der Waals surface area (Å²) in [5.41, 5.74) is 5.05. The molecule has 0 radical (unpaired) electrons. The van der Waals surface area contributed by atoms with Crippen LogP contribution in [0.4, 0.5) is 5.82 Å². The second-order valence-corrected chi connectivity index (χ2v) is 7.83. The van der Waals surface area contributed by atoms with Crippen molar-refractivity contribution in [3.8, 4) is 5.69 Å². The molecule has 0 N–H and O–H groups in total. The minimum atomic E-state index is 0.0620. The van der Waals surface area contributed by atoms with Crippen LogP contribution in [-0.4, -0.2) is 52.6 Å². The molecule has 0 amide bonds. The van der Waals surface area contributed by atoms with Gasteiger partial charge in [0.1, 0.15) is 12.1 Å². The maximum absolute atomic E-state index is 12.1. The van der Waals surface area contributed by atoms with Crippen molar-refractivity contribution in [2.24, 2.45) is 5.92 Å². The van der Waals surface area contributed by atoms with Crippen LogP contribution in [-0.2, 0) is 9.53 Å². The summed E-state index contributed by atoms with van der Waals surface area (Å²) in [7, 11) is 1.57. The van der Waals surface area contributed by atoms with Crippen LogP contribution in [0.5, 0.6) is 0 Å². The van der Waals surface area contributed by atoms with E-state index in [9.17, 15) is 4.79 Å². The van der Waals surface area contributed by atoms with Crippen molar-refractivity contribution in [2.45, 2.75) is 33.6 Å². The van der Waals surface area contributed by atoms with Crippen molar-refractivity contribution < 1.29 is 9.53 Å². The van der Waals surface area contributed by atoms with Crippen LogP contribution in [0.1, 0.15) is 29.8 Å². The molecular weight excluding hydrogens is 366 g/mol. The average Bonchev–Trinajstić information content (AvgIpc) is 3.07. The third kappa shape index (κ3) is 3.62. The number of rotatable bonds is 5. The Morgan fingerprint density at radius 2 is 1.79 bits per heavy atom. The highest BCUT2D eigenvalue weighted by atomic mass is 16.5. The highest BCUT2D eigenvalue weighted by molar-refractivity contribution is 5.92. The first-order valence-corrected chi connectivity index (χ1v) is 10.1. The Morgan fingerprint density at radius 1 is 1.10 bits per heavy atom. The minimum Gasteiger partial charge on any atom is -0.377 e. The maximum Gasteiger partial charge on any atom is 0.179 e. The average molecular weight is 393 g/mol. The number of Topliss-reactive ketones (excluding diaryl/α,β-unsaturated/α-hetero) is 1. The van der Waals surface area contributed by atoms with Crippen molar-refractivity contribution in [2.75, 3.05) is 31.7 Å². The fourth-order valence-electron chi connectivity index (χ4n) is 4.14. The van der Waals surface area contributed by atoms with Crippen LogP contribution in [0.25, 0.3) is 16.6 Å². The molecule has 7 heteroatoms. The van der Waals surface area contributed by atoms with Gasteiger partial charge in [-0.05, 0) is 45.7 Å². The molecule has 0 aliphatic carbocycles. The number of piperidine rings is 1. The summed E-state index contributed by atoms with van der Waals surface area (Å²) in [5.74, 6) is 1.05. The number of benzene rings is 1. The quantitative estimate of drug-likeness (QED) is 0.663. The molecule has 0 spiro atoms. The van der Waals surface area contributed by atoms with Crippen LogP contribution < -0.4 is 4.90 Å². The van der Waals surface area contributed by atoms with Gasteiger partial charge in [-0.1, -0.05) is 17.7 Å². The molecular formula is C22H27N5O2. The van der Waals surface area contributed by atoms with Gasteiger partial charge >= 0.3 is 0 Å². The zero-order valence-electron chi connectivity index (χ0n) is 17.5. The third-order valence-electron chi connectivity index (χ3n) is 5.80. The van der Waals surface area contributed by atoms with Crippen LogP contribution in [0.15, 0.2) is 24.3 Å². The van der Waals surface area contributed by atoms with Crippen LogP contribution in [0, 0.1) is 26.7 Å². The van der Waals surface area contributed by atoms with Gasteiger partial charge in [-0.25, -0.2) is 4.68 Å². The maximum atomic E-state index is 12.1. The number of anilines is 1. The Bertz CT molecular complexity index is 1030. The van der Waals surface area contributed by atoms with Gasteiger partial charge in [0.2, 0.25) is 0 Å². The lowest BCUT2D eigenvalue weighted by atomic mass is 9.93. The number of methoxy groups -OCH3 is 1. The van der Waals surface area contributed by atoms with Crippen molar-refractivity contribution >= 4 is 22.5 Å². The van der Waals surface area contributed by atoms with E-state index in [0.717, 1.165) is 59.7 Å². The number of nitrogens with zero attached hydrogens (tertiary/aromatic N) is 5. The summed E-state index contributed by atoms with van der Waals surface area (Å²) < 4.78 is 6.98. The van der Waals surface area contributed by atoms with Gasteiger partial charge in [0.15, 0.2) is 11.6 Å². The number of carbonyl (C=O) groups is 1. The van der Waals surface area contributed by atoms with E-state index in [1.165, 1.54) is 5.56 Å². The van der Waals surface area contributed by atoms with Crippen molar-refractivity contribution in [3.63, 3.8) is 0 Å². The highest BCUT2D eigenvalue weighted by Crippen LogP contribution is 2.31. The first-order chi connectivity index (χ1) is 14.0. The normalized spacial score (nSPS) is 15.2. The smallest absolute Gasteiger partial charge is 0.179 e. The zero-order chi connectivity index (χ0) is 20.5. The lowest BCUT2D eigenvalue weighted by Gasteiger charge is -2.31. The number of aromatic nitrogens is 4. The standard InChI is InChI=1S/C22H27N5O2/c1-14-5-7-18(8-6-14)27-16(3)20-15(2)23-24-22(21(20)25-27)26-11-9-17(10-12-26)19(28)13-29-4/h5-8,17H,9-13H2,1-4H3. The van der Waals surface area contributed by atoms with Gasteiger partial charge < -0.3 is 9.64 Å². The lowest BCUT2D eigenvalue weighted by Crippen LogP contribution is -2.38. The minimum absolute atomic E-state index is 0.0620. The summed E-state index contributed by atoms with van der Waals surface area (Å²) in [5, 5.41) is 14.9. The summed E-state index contributed by atoms with van der Waals surface area (Å²) in [6.07, 6.45) is 1.60. The molecule has 1 aromatic carbocycles. The molecule has 0 unspecified atom stereocenters. The number of ether oxygens (including phenoxy) is 1. The monoisotopic (exact) mass is 393 g/mol. The Morgan fingerprint density at radius 3 is 2.45 bits per heavy atom. The van der Waals surface area contributed by atoms with Crippen molar-refractivity contribution in [1.29, 1.82) is 0 Å². The third-order valence-corrected chi connectivity index (χ3v) is 5.80. The molecule has 1 aliphatic rings. The summed E-state index contributed by atoms with van der Waals surface area (Å²) in [6.45, 7) is 7.85. The Labute approximate surface area is 170 Å². The van der Waals surface area contributed by atoms with E-state index >= 15 is 0 Å². The molecule has 4 rings (SSSR count). The predicted molar refractivity (Wildman–Crippen MR) is 113 cm³/mol. The molecule has 0 saturated carbocycles. The highest BCUT2D eigenvalue weighted by Gasteiger charge is 2.28. The van der Waals surface area contributed by atoms with E-state index < -0.39 is 0 Å². The Hall–Kier alpha value is -2.80. The number of hydrogen-bond donors (Lipinski definition) is 0. The van der Waals surface area contributed by atoms with E-state index in [-0.39, 0.29) is 18.3 Å². The van der Waals surface area contributed by atoms with Crippen LogP contribution >= 0.6 is 0 Å². The van der Waals surface area contributed by atoms with E-state index in [4.69, 9.17) is 9.84 Å². The lowest BCUT2D eigenvalue weighted by molar-refractivity contribution is -0.127. The van der Waals surface area contributed by atoms with Crippen LogP contribution in [0.3, 0.4) is 0 Å². The fraction of sp³-hybridized carbons (Fsp3) is 0.455. The first kappa shape index (κ1) is 19.5. The second-order valence-electron chi connectivity index (χ2n) is 7.83. The first-order valence-electron chi connectivity index (χ1n) is 10.1. The molecule has 0 atom stereocenters. The molecule has 1 saturated heterocycles. The number of aryl methyl sites for hydroxylation is 3. The van der Waals surface area contributed by atoms with Crippen molar-refractivity contribution in [1.82, 2.24) is 20.0 Å². The largest absolute Gasteiger partial charge is 0.377 e. The molecule has 29 heavy (non-hydrogen) atoms. The fourth-order valence-corrected chi connectivity index (χ4v) is 4.14. The molecule has 152 valence electrons. The van der Waals surface area contributed by atoms with Gasteiger partial charge in [-0.15, -0.1) is 5.10 Å².